The molecule has 0 amide bonds. The molecule has 0 atom stereocenters. The number of carboxylic acids is 1. The van der Waals surface area contributed by atoms with Crippen molar-refractivity contribution in [3.63, 3.8) is 0 Å². The van der Waals surface area contributed by atoms with Gasteiger partial charge in [0.05, 0.1) is 0 Å². The van der Waals surface area contributed by atoms with Gasteiger partial charge in [0, 0.05) is 0 Å². The third-order valence-electron chi connectivity index (χ3n) is 0.902. The van der Waals surface area contributed by atoms with Gasteiger partial charge in [-0.15, -0.1) is 0 Å². The lowest BCUT2D eigenvalue weighted by molar-refractivity contribution is -0.136. The first-order valence-corrected chi connectivity index (χ1v) is 3.11. The molecule has 0 aliphatic heterocycles. The molecule has 0 radical (unpaired) electrons. The molecule has 1 N–H and O–H groups in total. The van der Waals surface area contributed by atoms with E-state index in [1.807, 2.05) is 0 Å². The Morgan fingerprint density at radius 2 is 2.36 bits per heavy atom. The Hall–Kier alpha value is -1.23. The van der Waals surface area contributed by atoms with E-state index in [0.29, 0.717) is 0 Å². The van der Waals surface area contributed by atoms with Crippen LogP contribution < -0.4 is 0 Å². The van der Waals surface area contributed by atoms with Gasteiger partial charge in [-0.3, -0.25) is 4.79 Å². The molecular formula is C5H4ClN3O2. The maximum Gasteiger partial charge on any atom is 0.311 e. The molecule has 0 saturated carbocycles. The molecule has 6 heteroatoms. The minimum atomic E-state index is -0.993. The Morgan fingerprint density at radius 1 is 1.64 bits per heavy atom. The Balaban J connectivity index is 2.79. The summed E-state index contributed by atoms with van der Waals surface area (Å²) in [5.74, 6) is -0.829. The van der Waals surface area contributed by atoms with Crippen LogP contribution in [0.2, 0.25) is 5.28 Å². The van der Waals surface area contributed by atoms with E-state index < -0.39 is 5.97 Å². The quantitative estimate of drug-likeness (QED) is 0.689. The third kappa shape index (κ3) is 2.46. The van der Waals surface area contributed by atoms with Crippen LogP contribution in [0.15, 0.2) is 6.33 Å². The lowest BCUT2D eigenvalue weighted by Crippen LogP contribution is -2.05. The number of carboxylic acid groups (broad SMARTS) is 1. The molecular weight excluding hydrogens is 170 g/mol. The molecule has 5 nitrogen and oxygen atoms in total. The molecule has 11 heavy (non-hydrogen) atoms. The van der Waals surface area contributed by atoms with Gasteiger partial charge < -0.3 is 5.11 Å². The lowest BCUT2D eigenvalue weighted by Gasteiger charge is -1.92. The molecule has 58 valence electrons. The topological polar surface area (TPSA) is 76.0 Å². The molecule has 1 rings (SSSR count). The second-order valence-corrected chi connectivity index (χ2v) is 2.08. The fourth-order valence-corrected chi connectivity index (χ4v) is 0.669. The van der Waals surface area contributed by atoms with Crippen molar-refractivity contribution in [1.29, 1.82) is 0 Å². The number of carbonyl (C=O) groups is 1. The molecule has 1 heterocycles. The van der Waals surface area contributed by atoms with Gasteiger partial charge in [0.25, 0.3) is 0 Å². The smallest absolute Gasteiger partial charge is 0.311 e. The molecule has 0 aliphatic rings. The first-order valence-electron chi connectivity index (χ1n) is 2.73. The Labute approximate surface area is 67.1 Å². The predicted octanol–water partition coefficient (Wildman–Crippen LogP) is 0.152. The summed E-state index contributed by atoms with van der Waals surface area (Å²) in [6.07, 6.45) is 0.940. The Kier molecular flexibility index (Phi) is 2.32. The zero-order valence-electron chi connectivity index (χ0n) is 5.36. The van der Waals surface area contributed by atoms with E-state index in [0.717, 1.165) is 0 Å². The van der Waals surface area contributed by atoms with E-state index in [2.05, 4.69) is 15.0 Å². The second kappa shape index (κ2) is 3.25. The van der Waals surface area contributed by atoms with Crippen molar-refractivity contribution >= 4 is 17.6 Å². The molecule has 0 aliphatic carbocycles. The van der Waals surface area contributed by atoms with Gasteiger partial charge in [-0.1, -0.05) is 0 Å². The maximum absolute atomic E-state index is 10.1. The highest BCUT2D eigenvalue weighted by Crippen LogP contribution is 1.97. The largest absolute Gasteiger partial charge is 0.481 e. The number of aliphatic carboxylic acids is 1. The van der Waals surface area contributed by atoms with Crippen molar-refractivity contribution < 1.29 is 9.90 Å². The average molecular weight is 174 g/mol. The number of hydrogen-bond donors (Lipinski definition) is 1. The minimum absolute atomic E-state index is 0.0104. The van der Waals surface area contributed by atoms with Gasteiger partial charge in [0.1, 0.15) is 18.6 Å². The van der Waals surface area contributed by atoms with Crippen LogP contribution >= 0.6 is 11.6 Å². The monoisotopic (exact) mass is 173 g/mol. The first kappa shape index (κ1) is 7.87. The van der Waals surface area contributed by atoms with E-state index in [-0.39, 0.29) is 17.5 Å². The molecule has 0 saturated heterocycles. The van der Waals surface area contributed by atoms with Gasteiger partial charge in [-0.05, 0) is 11.6 Å². The highest BCUT2D eigenvalue weighted by atomic mass is 35.5. The number of aromatic nitrogens is 3. The Morgan fingerprint density at radius 3 is 2.91 bits per heavy atom. The summed E-state index contributed by atoms with van der Waals surface area (Å²) >= 11 is 5.37. The fraction of sp³-hybridized carbons (Fsp3) is 0.200. The SMILES string of the molecule is O=C(O)Cc1ncnc(Cl)n1. The minimum Gasteiger partial charge on any atom is -0.481 e. The van der Waals surface area contributed by atoms with E-state index in [1.165, 1.54) is 6.33 Å². The van der Waals surface area contributed by atoms with Crippen molar-refractivity contribution in [2.75, 3.05) is 0 Å². The van der Waals surface area contributed by atoms with E-state index in [1.54, 1.807) is 0 Å². The number of nitrogens with zero attached hydrogens (tertiary/aromatic N) is 3. The van der Waals surface area contributed by atoms with E-state index in [9.17, 15) is 4.79 Å². The molecule has 0 fully saturated rings. The summed E-state index contributed by atoms with van der Waals surface area (Å²) in [6.45, 7) is 0. The standard InChI is InChI=1S/C5H4ClN3O2/c6-5-8-2-7-3(9-5)1-4(10)11/h2H,1H2,(H,10,11). The maximum atomic E-state index is 10.1. The van der Waals surface area contributed by atoms with Crippen molar-refractivity contribution in [3.05, 3.63) is 17.4 Å². The molecule has 1 aromatic heterocycles. The van der Waals surface area contributed by atoms with Crippen LogP contribution in [0.4, 0.5) is 0 Å². The van der Waals surface area contributed by atoms with Crippen LogP contribution in [0.3, 0.4) is 0 Å². The zero-order valence-corrected chi connectivity index (χ0v) is 6.12. The predicted molar refractivity (Wildman–Crippen MR) is 36.2 cm³/mol. The average Bonchev–Trinajstić information content (AvgIpc) is 1.85. The summed E-state index contributed by atoms with van der Waals surface area (Å²) < 4.78 is 0. The highest BCUT2D eigenvalue weighted by Gasteiger charge is 2.03. The van der Waals surface area contributed by atoms with Gasteiger partial charge in [-0.2, -0.15) is 0 Å². The molecule has 0 spiro atoms. The van der Waals surface area contributed by atoms with Gasteiger partial charge in [0.15, 0.2) is 0 Å². The summed E-state index contributed by atoms with van der Waals surface area (Å²) in [7, 11) is 0. The number of hydrogen-bond acceptors (Lipinski definition) is 4. The number of rotatable bonds is 2. The van der Waals surface area contributed by atoms with Crippen molar-refractivity contribution in [3.8, 4) is 0 Å². The van der Waals surface area contributed by atoms with Gasteiger partial charge >= 0.3 is 5.97 Å². The van der Waals surface area contributed by atoms with Crippen LogP contribution in [0.25, 0.3) is 0 Å². The fourth-order valence-electron chi connectivity index (χ4n) is 0.528. The van der Waals surface area contributed by atoms with E-state index >= 15 is 0 Å². The third-order valence-corrected chi connectivity index (χ3v) is 1.08. The lowest BCUT2D eigenvalue weighted by atomic mass is 10.4. The summed E-state index contributed by atoms with van der Waals surface area (Å²) in [6, 6.07) is 0. The summed E-state index contributed by atoms with van der Waals surface area (Å²) in [5, 5.41) is 8.32. The van der Waals surface area contributed by atoms with E-state index in [4.69, 9.17) is 16.7 Å². The molecule has 0 bridgehead atoms. The van der Waals surface area contributed by atoms with Crippen LogP contribution in [0.5, 0.6) is 0 Å². The zero-order chi connectivity index (χ0) is 8.27. The normalized spacial score (nSPS) is 9.55. The number of halogens is 1. The first-order chi connectivity index (χ1) is 5.18. The van der Waals surface area contributed by atoms with Crippen LogP contribution in [-0.2, 0) is 11.2 Å². The molecule has 0 unspecified atom stereocenters. The van der Waals surface area contributed by atoms with Crippen LogP contribution in [0.1, 0.15) is 5.82 Å². The van der Waals surface area contributed by atoms with Crippen molar-refractivity contribution in [1.82, 2.24) is 15.0 Å². The van der Waals surface area contributed by atoms with Gasteiger partial charge in [0.2, 0.25) is 5.28 Å². The molecule has 0 aromatic carbocycles. The van der Waals surface area contributed by atoms with Crippen molar-refractivity contribution in [2.45, 2.75) is 6.42 Å². The Bertz CT molecular complexity index is 278. The van der Waals surface area contributed by atoms with Crippen LogP contribution in [0, 0.1) is 0 Å². The highest BCUT2D eigenvalue weighted by molar-refractivity contribution is 6.28. The molecule has 1 aromatic rings. The van der Waals surface area contributed by atoms with Gasteiger partial charge in [-0.25, -0.2) is 15.0 Å². The second-order valence-electron chi connectivity index (χ2n) is 1.74. The van der Waals surface area contributed by atoms with Crippen molar-refractivity contribution in [2.24, 2.45) is 0 Å². The summed E-state index contributed by atoms with van der Waals surface area (Å²) in [4.78, 5) is 20.8. The van der Waals surface area contributed by atoms with Crippen LogP contribution in [-0.4, -0.2) is 26.0 Å². The summed E-state index contributed by atoms with van der Waals surface area (Å²) in [5.41, 5.74) is 0.